The lowest BCUT2D eigenvalue weighted by molar-refractivity contribution is -0.156. The van der Waals surface area contributed by atoms with Crippen LogP contribution in [-0.2, 0) is 11.3 Å². The van der Waals surface area contributed by atoms with Crippen LogP contribution in [0.4, 0.5) is 0 Å². The van der Waals surface area contributed by atoms with Crippen LogP contribution in [0.2, 0.25) is 0 Å². The number of carboxylic acids is 1. The van der Waals surface area contributed by atoms with E-state index in [0.29, 0.717) is 25.2 Å². The third kappa shape index (κ3) is 2.35. The Balaban J connectivity index is 1.98. The third-order valence-electron chi connectivity index (χ3n) is 4.26. The number of benzene rings is 1. The summed E-state index contributed by atoms with van der Waals surface area (Å²) in [7, 11) is 0. The van der Waals surface area contributed by atoms with Crippen LogP contribution in [0.3, 0.4) is 0 Å². The molecule has 0 radical (unpaired) electrons. The Kier molecular flexibility index (Phi) is 3.52. The third-order valence-corrected chi connectivity index (χ3v) is 5.12. The van der Waals surface area contributed by atoms with Crippen LogP contribution in [0.25, 0.3) is 11.4 Å². The van der Waals surface area contributed by atoms with Crippen molar-refractivity contribution in [2.24, 2.45) is 5.41 Å². The molecule has 1 N–H and O–H groups in total. The van der Waals surface area contributed by atoms with Crippen LogP contribution in [0.15, 0.2) is 22.7 Å². The lowest BCUT2D eigenvalue weighted by Gasteiger charge is -2.37. The van der Waals surface area contributed by atoms with Gasteiger partial charge in [0.1, 0.15) is 0 Å². The number of aliphatic carboxylic acids is 1. The maximum absolute atomic E-state index is 11.5. The number of hydrogen-bond donors (Lipinski definition) is 1. The van der Waals surface area contributed by atoms with E-state index in [4.69, 9.17) is 0 Å². The van der Waals surface area contributed by atoms with E-state index >= 15 is 0 Å². The number of carboxylic acid groups (broad SMARTS) is 1. The van der Waals surface area contributed by atoms with Gasteiger partial charge in [0.2, 0.25) is 0 Å². The number of halogens is 1. The van der Waals surface area contributed by atoms with Gasteiger partial charge in [-0.1, -0.05) is 34.5 Å². The number of tetrazole rings is 1. The highest BCUT2D eigenvalue weighted by Gasteiger charge is 2.45. The normalized spacial score (nSPS) is 16.5. The standard InChI is InChI=1S/C14H15BrN4O2/c1-9-10(4-2-5-11(9)15)12-16-17-18-19(12)8-14(13(20)21)6-3-7-14/h2,4-5H,3,6-8H2,1H3,(H,20,21). The highest BCUT2D eigenvalue weighted by Crippen LogP contribution is 2.43. The van der Waals surface area contributed by atoms with Gasteiger partial charge in [-0.2, -0.15) is 0 Å². The van der Waals surface area contributed by atoms with Crippen molar-refractivity contribution in [3.63, 3.8) is 0 Å². The van der Waals surface area contributed by atoms with Gasteiger partial charge < -0.3 is 5.11 Å². The van der Waals surface area contributed by atoms with Gasteiger partial charge in [0, 0.05) is 10.0 Å². The summed E-state index contributed by atoms with van der Waals surface area (Å²) in [5.74, 6) is -0.150. The molecule has 0 aliphatic heterocycles. The first kappa shape index (κ1) is 14.2. The molecule has 0 bridgehead atoms. The summed E-state index contributed by atoms with van der Waals surface area (Å²) < 4.78 is 2.59. The minimum atomic E-state index is -0.763. The van der Waals surface area contributed by atoms with Crippen LogP contribution in [0, 0.1) is 12.3 Å². The Morgan fingerprint density at radius 1 is 1.48 bits per heavy atom. The predicted octanol–water partition coefficient (Wildman–Crippen LogP) is 2.67. The molecule has 110 valence electrons. The van der Waals surface area contributed by atoms with Gasteiger partial charge in [-0.3, -0.25) is 4.79 Å². The van der Waals surface area contributed by atoms with Crippen LogP contribution in [0.5, 0.6) is 0 Å². The van der Waals surface area contributed by atoms with Crippen LogP contribution >= 0.6 is 15.9 Å². The maximum Gasteiger partial charge on any atom is 0.311 e. The quantitative estimate of drug-likeness (QED) is 0.916. The fraction of sp³-hybridized carbons (Fsp3) is 0.429. The molecular weight excluding hydrogens is 336 g/mol. The smallest absolute Gasteiger partial charge is 0.311 e. The fourth-order valence-electron chi connectivity index (χ4n) is 2.68. The van der Waals surface area contributed by atoms with Crippen molar-refractivity contribution in [2.75, 3.05) is 0 Å². The molecule has 0 unspecified atom stereocenters. The molecule has 1 fully saturated rings. The highest BCUT2D eigenvalue weighted by molar-refractivity contribution is 9.10. The lowest BCUT2D eigenvalue weighted by Crippen LogP contribution is -2.42. The molecule has 1 aliphatic carbocycles. The second-order valence-electron chi connectivity index (χ2n) is 5.51. The molecule has 6 nitrogen and oxygen atoms in total. The number of nitrogens with zero attached hydrogens (tertiary/aromatic N) is 4. The first-order chi connectivity index (χ1) is 10.0. The number of aromatic nitrogens is 4. The first-order valence-corrected chi connectivity index (χ1v) is 7.58. The number of carbonyl (C=O) groups is 1. The molecule has 1 aromatic heterocycles. The molecule has 0 saturated heterocycles. The topological polar surface area (TPSA) is 80.9 Å². The van der Waals surface area contributed by atoms with Crippen molar-refractivity contribution < 1.29 is 9.90 Å². The number of hydrogen-bond acceptors (Lipinski definition) is 4. The molecule has 2 aromatic rings. The molecule has 1 heterocycles. The second-order valence-corrected chi connectivity index (χ2v) is 6.37. The predicted molar refractivity (Wildman–Crippen MR) is 79.6 cm³/mol. The molecule has 21 heavy (non-hydrogen) atoms. The van der Waals surface area contributed by atoms with Gasteiger partial charge >= 0.3 is 5.97 Å². The van der Waals surface area contributed by atoms with Crippen molar-refractivity contribution in [1.29, 1.82) is 0 Å². The van der Waals surface area contributed by atoms with E-state index in [2.05, 4.69) is 31.5 Å². The monoisotopic (exact) mass is 350 g/mol. The van der Waals surface area contributed by atoms with E-state index < -0.39 is 11.4 Å². The summed E-state index contributed by atoms with van der Waals surface area (Å²) in [6.07, 6.45) is 2.30. The average Bonchev–Trinajstić information content (AvgIpc) is 2.84. The van der Waals surface area contributed by atoms with E-state index in [1.54, 1.807) is 4.68 Å². The zero-order valence-electron chi connectivity index (χ0n) is 11.6. The Morgan fingerprint density at radius 2 is 2.24 bits per heavy atom. The first-order valence-electron chi connectivity index (χ1n) is 6.78. The summed E-state index contributed by atoms with van der Waals surface area (Å²) in [6.45, 7) is 2.30. The Bertz CT molecular complexity index is 694. The van der Waals surface area contributed by atoms with Crippen LogP contribution < -0.4 is 0 Å². The zero-order valence-corrected chi connectivity index (χ0v) is 13.2. The Hall–Kier alpha value is -1.76. The van der Waals surface area contributed by atoms with Crippen molar-refractivity contribution in [3.05, 3.63) is 28.2 Å². The molecule has 0 amide bonds. The van der Waals surface area contributed by atoms with Crippen molar-refractivity contribution >= 4 is 21.9 Å². The molecule has 1 aliphatic rings. The summed E-state index contributed by atoms with van der Waals surface area (Å²) in [5.41, 5.74) is 1.23. The molecule has 1 aromatic carbocycles. The zero-order chi connectivity index (χ0) is 15.0. The van der Waals surface area contributed by atoms with E-state index in [1.165, 1.54) is 0 Å². The van der Waals surface area contributed by atoms with Gasteiger partial charge in [0.25, 0.3) is 0 Å². The molecule has 3 rings (SSSR count). The second kappa shape index (κ2) is 5.22. The van der Waals surface area contributed by atoms with Crippen LogP contribution in [0.1, 0.15) is 24.8 Å². The van der Waals surface area contributed by atoms with E-state index in [0.717, 1.165) is 22.0 Å². The van der Waals surface area contributed by atoms with Crippen molar-refractivity contribution in [1.82, 2.24) is 20.2 Å². The molecule has 0 spiro atoms. The molecule has 1 saturated carbocycles. The Labute approximate surface area is 130 Å². The largest absolute Gasteiger partial charge is 0.481 e. The lowest BCUT2D eigenvalue weighted by atomic mass is 9.69. The summed E-state index contributed by atoms with van der Waals surface area (Å²) in [6, 6.07) is 5.82. The van der Waals surface area contributed by atoms with Gasteiger partial charge in [-0.05, 0) is 41.8 Å². The van der Waals surface area contributed by atoms with Crippen molar-refractivity contribution in [3.8, 4) is 11.4 Å². The van der Waals surface area contributed by atoms with Crippen molar-refractivity contribution in [2.45, 2.75) is 32.7 Å². The van der Waals surface area contributed by atoms with Crippen LogP contribution in [-0.4, -0.2) is 31.3 Å². The maximum atomic E-state index is 11.5. The molecule has 7 heteroatoms. The minimum absolute atomic E-state index is 0.316. The summed E-state index contributed by atoms with van der Waals surface area (Å²) in [4.78, 5) is 11.5. The summed E-state index contributed by atoms with van der Waals surface area (Å²) >= 11 is 3.49. The van der Waals surface area contributed by atoms with Gasteiger partial charge in [-0.15, -0.1) is 5.10 Å². The average molecular weight is 351 g/mol. The van der Waals surface area contributed by atoms with Gasteiger partial charge in [-0.25, -0.2) is 4.68 Å². The highest BCUT2D eigenvalue weighted by atomic mass is 79.9. The molecular formula is C14H15BrN4O2. The van der Waals surface area contributed by atoms with E-state index in [1.807, 2.05) is 25.1 Å². The SMILES string of the molecule is Cc1c(Br)cccc1-c1nnnn1CC1(C(=O)O)CCC1. The van der Waals surface area contributed by atoms with E-state index in [-0.39, 0.29) is 0 Å². The van der Waals surface area contributed by atoms with Gasteiger partial charge in [0.15, 0.2) is 5.82 Å². The van der Waals surface area contributed by atoms with Gasteiger partial charge in [0.05, 0.1) is 12.0 Å². The van der Waals surface area contributed by atoms with E-state index in [9.17, 15) is 9.90 Å². The molecule has 0 atom stereocenters. The minimum Gasteiger partial charge on any atom is -0.481 e. The summed E-state index contributed by atoms with van der Waals surface area (Å²) in [5, 5.41) is 21.2. The fourth-order valence-corrected chi connectivity index (χ4v) is 3.05. The Morgan fingerprint density at radius 3 is 2.86 bits per heavy atom. The number of rotatable bonds is 4.